The third-order valence-corrected chi connectivity index (χ3v) is 23.6. The Balaban J connectivity index is 0.953. The van der Waals surface area contributed by atoms with E-state index in [2.05, 4.69) is 29.9 Å². The van der Waals surface area contributed by atoms with Gasteiger partial charge in [-0.05, 0) is 52.8 Å². The number of aromatic amines is 4. The lowest BCUT2D eigenvalue weighted by Gasteiger charge is -2.35. The molecule has 0 saturated carbocycles. The molecule has 4 aliphatic rings. The Morgan fingerprint density at radius 2 is 1.10 bits per heavy atom. The molecule has 546 valence electrons. The molecule has 4 aliphatic heterocycles. The van der Waals surface area contributed by atoms with E-state index in [0.29, 0.717) is 0 Å². The lowest BCUT2D eigenvalue weighted by molar-refractivity contribution is -0.216. The van der Waals surface area contributed by atoms with Gasteiger partial charge in [-0.15, -0.1) is 0 Å². The van der Waals surface area contributed by atoms with Crippen LogP contribution in [0.4, 0.5) is 5.95 Å². The average molecular weight is 1590 g/mol. The van der Waals surface area contributed by atoms with E-state index in [1.54, 1.807) is 13.8 Å². The second-order valence-corrected chi connectivity index (χ2v) is 38.3. The van der Waals surface area contributed by atoms with Crippen molar-refractivity contribution < 1.29 is 98.0 Å². The molecule has 5 aromatic heterocycles. The van der Waals surface area contributed by atoms with E-state index in [9.17, 15) is 57.9 Å². The van der Waals surface area contributed by atoms with Gasteiger partial charge in [0.25, 0.3) is 22.2 Å². The summed E-state index contributed by atoms with van der Waals surface area (Å²) in [6.45, 7) is -15.0. The molecule has 0 aromatic carbocycles. The molecule has 39 nitrogen and oxygen atoms in total. The molecule has 50 heteroatoms. The summed E-state index contributed by atoms with van der Waals surface area (Å²) in [7, 11) is 2.33. The molecule has 98 heavy (non-hydrogen) atoms. The minimum atomic E-state index is -4.96. The van der Waals surface area contributed by atoms with Crippen molar-refractivity contribution in [2.24, 2.45) is 0 Å². The SMILES string of the molecule is COC1[C@@H](OP([O-])(=S)OCCCO)[C@@H](COP(O)(=S)O[C@@H]2C(OC)[C@H](n3cc(C)c(=O)[nH]c3=O)O[C@@H]2COP(=O)([S-])O[C@@H]2C[C@H](n3cc(C)c(=O)[nH]c3=O)O[C@@H]2COP([O-])(=S)O[C@@H]2C[C@H](n3cnc4c(=O)[nH]c(N)nc43)O[C@@H]2COP(=S)([S-])OC(C)C)O[C@H]1n1cc(C)c(=O)[nH]c1=O. The molecule has 9 heterocycles. The number of imidazole rings is 1. The predicted octanol–water partition coefficient (Wildman–Crippen LogP) is -1.08. The van der Waals surface area contributed by atoms with Crippen molar-refractivity contribution in [3.8, 4) is 0 Å². The first-order valence-electron chi connectivity index (χ1n) is 29.1. The third kappa shape index (κ3) is 19.4. The van der Waals surface area contributed by atoms with Gasteiger partial charge >= 0.3 is 23.8 Å². The van der Waals surface area contributed by atoms with Crippen LogP contribution in [-0.2, 0) is 150 Å². The zero-order valence-corrected chi connectivity index (χ0v) is 61.7. The molecule has 0 amide bonds. The zero-order chi connectivity index (χ0) is 71.7. The second-order valence-electron chi connectivity index (χ2n) is 22.4. The van der Waals surface area contributed by atoms with Crippen molar-refractivity contribution in [3.63, 3.8) is 0 Å². The van der Waals surface area contributed by atoms with Crippen molar-refractivity contribution in [2.75, 3.05) is 59.6 Å². The molecular formula is C48H66N11O28P5S6-4. The Kier molecular flexibility index (Phi) is 26.2. The summed E-state index contributed by atoms with van der Waals surface area (Å²) in [6.07, 6.45) is -16.5. The molecule has 0 bridgehead atoms. The van der Waals surface area contributed by atoms with Gasteiger partial charge in [-0.1, -0.05) is 35.4 Å². The number of rotatable bonds is 32. The predicted molar refractivity (Wildman–Crippen MR) is 356 cm³/mol. The first-order chi connectivity index (χ1) is 45.9. The van der Waals surface area contributed by atoms with Gasteiger partial charge in [-0.2, -0.15) is 4.98 Å². The Morgan fingerprint density at radius 1 is 0.633 bits per heavy atom. The van der Waals surface area contributed by atoms with Crippen LogP contribution in [0.2, 0.25) is 0 Å². The van der Waals surface area contributed by atoms with Crippen LogP contribution in [0, 0.1) is 20.8 Å². The van der Waals surface area contributed by atoms with E-state index in [1.165, 1.54) is 45.0 Å². The Labute approximate surface area is 584 Å². The number of nitrogens with one attached hydrogen (secondary N) is 4. The highest BCUT2D eigenvalue weighted by Gasteiger charge is 2.53. The summed E-state index contributed by atoms with van der Waals surface area (Å²) >= 11 is 32.4. The molecule has 8 N–H and O–H groups in total. The largest absolute Gasteiger partial charge is 0.780 e. The van der Waals surface area contributed by atoms with Gasteiger partial charge in [0.2, 0.25) is 5.95 Å². The number of hydrogen-bond donors (Lipinski definition) is 7. The lowest BCUT2D eigenvalue weighted by atomic mass is 10.1. The van der Waals surface area contributed by atoms with Gasteiger partial charge in [0.1, 0.15) is 74.7 Å². The van der Waals surface area contributed by atoms with Crippen LogP contribution in [0.1, 0.15) is 74.7 Å². The first-order valence-corrected chi connectivity index (χ1v) is 43.0. The molecule has 5 aromatic rings. The van der Waals surface area contributed by atoms with Gasteiger partial charge in [0, 0.05) is 68.9 Å². The van der Waals surface area contributed by atoms with E-state index in [4.69, 9.17) is 151 Å². The number of anilines is 1. The van der Waals surface area contributed by atoms with Crippen LogP contribution >= 0.6 is 32.6 Å². The number of fused-ring (bicyclic) bond motifs is 1. The summed E-state index contributed by atoms with van der Waals surface area (Å²) in [5, 5.41) is 9.31. The fourth-order valence-corrected chi connectivity index (χ4v) is 18.8. The Hall–Kier alpha value is -3.08. The van der Waals surface area contributed by atoms with Gasteiger partial charge in [-0.3, -0.25) is 66.5 Å². The molecule has 4 fully saturated rings. The summed E-state index contributed by atoms with van der Waals surface area (Å²) in [5.74, 6) is -0.235. The molecule has 7 unspecified atom stereocenters. The minimum Gasteiger partial charge on any atom is -0.780 e. The van der Waals surface area contributed by atoms with Crippen molar-refractivity contribution >= 4 is 121 Å². The molecule has 0 aliphatic carbocycles. The molecule has 0 spiro atoms. The van der Waals surface area contributed by atoms with Gasteiger partial charge in [0.05, 0.1) is 63.4 Å². The number of ether oxygens (including phenoxy) is 6. The first kappa shape index (κ1) is 79.0. The fraction of sp³-hybridized carbons (Fsp3) is 0.646. The highest BCUT2D eigenvalue weighted by atomic mass is 32.9. The Morgan fingerprint density at radius 3 is 1.63 bits per heavy atom. The maximum atomic E-state index is 14.6. The minimum absolute atomic E-state index is 0.00444. The normalized spacial score (nSPS) is 29.0. The van der Waals surface area contributed by atoms with E-state index < -0.39 is 190 Å². The highest BCUT2D eigenvalue weighted by molar-refractivity contribution is 8.51. The molecule has 9 rings (SSSR count). The number of aliphatic hydroxyl groups is 1. The van der Waals surface area contributed by atoms with Crippen LogP contribution < -0.4 is 54.8 Å². The Bertz CT molecular complexity index is 4420. The third-order valence-electron chi connectivity index (χ3n) is 15.1. The molecule has 4 saturated heterocycles. The molecule has 19 atom stereocenters. The number of methoxy groups -OCH3 is 2. The van der Waals surface area contributed by atoms with Crippen LogP contribution in [0.25, 0.3) is 11.2 Å². The van der Waals surface area contributed by atoms with E-state index in [1.807, 2.05) is 0 Å². The van der Waals surface area contributed by atoms with Crippen molar-refractivity contribution in [2.45, 2.75) is 146 Å². The van der Waals surface area contributed by atoms with Crippen molar-refractivity contribution in [1.29, 1.82) is 0 Å². The standard InChI is InChI=1S/C48H70N11O28P5S6/c1-21(2)83-92(97,98)78-17-28-26(12-32(80-28)59-20-50-33-38(59)51-45(49)52-42(33)64)85-89(69,94)75-16-27-25(11-31(79-27)56-13-22(3)39(61)53-46(56)65)84-90(70,95)76-18-29-35(37(73-7)44(81-29)58-15-24(5)41(63)55-48(58)67)87-91(71,96)77-19-30-34(86-88(68,93)74-10-8-9-60)36(72-6)43(82-30)57-14-23(4)40(62)54-47(57)66/h13-15,20-21,25-32,34-37,43-44,60H,8-12,16-19H2,1-7H3,(H,68,93)(H,69,94)(H,70,95)(H,71,96)(H,97,98)(H,53,61,65)(H,54,62,66)(H,55,63,67)(H3,49,51,52,64)/p-4/t25-,26-,27-,28-,29-,30-,31-,32-,34+,35+,36?,37?,43-,44-,88?,89?,90?,91?/m1/s1. The van der Waals surface area contributed by atoms with E-state index >= 15 is 0 Å². The number of aromatic nitrogens is 10. The second kappa shape index (κ2) is 32.5. The van der Waals surface area contributed by atoms with Crippen molar-refractivity contribution in [1.82, 2.24) is 48.2 Å². The summed E-state index contributed by atoms with van der Waals surface area (Å²) in [6, 6.07) is 0. The topological polar surface area (TPSA) is 506 Å². The lowest BCUT2D eigenvalue weighted by Crippen LogP contribution is -2.41. The fourth-order valence-electron chi connectivity index (χ4n) is 10.6. The summed E-state index contributed by atoms with van der Waals surface area (Å²) < 4.78 is 113. The van der Waals surface area contributed by atoms with E-state index in [0.717, 1.165) is 33.2 Å². The van der Waals surface area contributed by atoms with Crippen LogP contribution in [0.3, 0.4) is 0 Å². The molecule has 0 radical (unpaired) electrons. The number of nitrogen functional groups attached to an aromatic ring is 1. The summed E-state index contributed by atoms with van der Waals surface area (Å²) in [5.41, 5.74) is -3.23. The summed E-state index contributed by atoms with van der Waals surface area (Å²) in [4.78, 5) is 147. The highest BCUT2D eigenvalue weighted by Crippen LogP contribution is 2.56. The number of nitrogens with zero attached hydrogens (tertiary/aromatic N) is 6. The van der Waals surface area contributed by atoms with Gasteiger partial charge in [0.15, 0.2) is 30.4 Å². The van der Waals surface area contributed by atoms with Crippen molar-refractivity contribution in [3.05, 3.63) is 114 Å². The molecular weight excluding hydrogens is 1530 g/mol. The maximum Gasteiger partial charge on any atom is 0.330 e. The maximum absolute atomic E-state index is 14.6. The number of aliphatic hydroxyl groups excluding tert-OH is 1. The number of nitrogens with two attached hydrogens (primary N) is 1. The number of aryl methyl sites for hydroxylation is 3. The monoisotopic (exact) mass is 1590 g/mol. The zero-order valence-electron chi connectivity index (χ0n) is 52.3. The quantitative estimate of drug-likeness (QED) is 0.0153. The number of H-pyrrole nitrogens is 4. The van der Waals surface area contributed by atoms with Gasteiger partial charge < -0.3 is 119 Å². The smallest absolute Gasteiger partial charge is 0.330 e. The average Bonchev–Trinajstić information content (AvgIpc) is 1.64. The van der Waals surface area contributed by atoms with Crippen LogP contribution in [-0.4, -0.2) is 179 Å². The van der Waals surface area contributed by atoms with Crippen LogP contribution in [0.15, 0.2) is 58.5 Å². The number of hydrogen-bond acceptors (Lipinski definition) is 36. The van der Waals surface area contributed by atoms with Gasteiger partial charge in [-0.25, -0.2) is 19.4 Å². The van der Waals surface area contributed by atoms with E-state index in [-0.39, 0.29) is 66.5 Å². The van der Waals surface area contributed by atoms with Crippen LogP contribution in [0.5, 0.6) is 0 Å².